The lowest BCUT2D eigenvalue weighted by atomic mass is 9.94. The molecule has 1 atom stereocenters. The summed E-state index contributed by atoms with van der Waals surface area (Å²) in [6.45, 7) is 4.51. The fraction of sp³-hybridized carbons (Fsp3) is 0.615. The summed E-state index contributed by atoms with van der Waals surface area (Å²) in [4.78, 5) is 14.3. The van der Waals surface area contributed by atoms with Gasteiger partial charge in [-0.2, -0.15) is 11.3 Å². The molecule has 1 aliphatic heterocycles. The quantitative estimate of drug-likeness (QED) is 0.897. The lowest BCUT2D eigenvalue weighted by Gasteiger charge is -2.32. The van der Waals surface area contributed by atoms with Crippen LogP contribution in [0.15, 0.2) is 10.8 Å². The Bertz CT molecular complexity index is 387. The van der Waals surface area contributed by atoms with Gasteiger partial charge in [0.1, 0.15) is 0 Å². The first-order valence-corrected chi connectivity index (χ1v) is 7.18. The summed E-state index contributed by atoms with van der Waals surface area (Å²) in [6.07, 6.45) is 3.36. The van der Waals surface area contributed by atoms with E-state index in [9.17, 15) is 4.79 Å². The molecule has 0 spiro atoms. The first-order valence-electron chi connectivity index (χ1n) is 6.24. The zero-order valence-electron chi connectivity index (χ0n) is 10.3. The van der Waals surface area contributed by atoms with Crippen LogP contribution in [0.2, 0.25) is 0 Å². The maximum Gasteiger partial charge on any atom is 0.254 e. The van der Waals surface area contributed by atoms with Crippen LogP contribution in [0.1, 0.15) is 35.2 Å². The van der Waals surface area contributed by atoms with E-state index in [0.29, 0.717) is 5.92 Å². The van der Waals surface area contributed by atoms with E-state index >= 15 is 0 Å². The van der Waals surface area contributed by atoms with E-state index in [2.05, 4.69) is 0 Å². The fourth-order valence-electron chi connectivity index (χ4n) is 2.47. The minimum absolute atomic E-state index is 0.200. The van der Waals surface area contributed by atoms with E-state index in [1.807, 2.05) is 22.6 Å². The number of piperidine rings is 1. The second-order valence-electron chi connectivity index (χ2n) is 4.81. The van der Waals surface area contributed by atoms with Crippen LogP contribution in [0, 0.1) is 12.8 Å². The van der Waals surface area contributed by atoms with Crippen molar-refractivity contribution in [1.82, 2.24) is 4.90 Å². The van der Waals surface area contributed by atoms with Crippen molar-refractivity contribution >= 4 is 17.2 Å². The van der Waals surface area contributed by atoms with E-state index in [1.165, 1.54) is 6.42 Å². The highest BCUT2D eigenvalue weighted by Gasteiger charge is 2.24. The van der Waals surface area contributed by atoms with Crippen molar-refractivity contribution in [2.75, 3.05) is 19.6 Å². The van der Waals surface area contributed by atoms with Gasteiger partial charge in [-0.3, -0.25) is 4.79 Å². The molecular formula is C13H20N2OS. The summed E-state index contributed by atoms with van der Waals surface area (Å²) in [7, 11) is 0. The van der Waals surface area contributed by atoms with Gasteiger partial charge in [0, 0.05) is 18.5 Å². The number of nitrogens with zero attached hydrogens (tertiary/aromatic N) is 1. The van der Waals surface area contributed by atoms with Crippen LogP contribution < -0.4 is 5.73 Å². The molecule has 0 radical (unpaired) electrons. The van der Waals surface area contributed by atoms with Crippen LogP contribution in [-0.2, 0) is 0 Å². The Morgan fingerprint density at radius 1 is 1.59 bits per heavy atom. The van der Waals surface area contributed by atoms with Crippen LogP contribution in [0.4, 0.5) is 0 Å². The zero-order chi connectivity index (χ0) is 12.3. The Balaban J connectivity index is 2.02. The molecule has 3 nitrogen and oxygen atoms in total. The maximum absolute atomic E-state index is 12.3. The fourth-order valence-corrected chi connectivity index (χ4v) is 3.29. The monoisotopic (exact) mass is 252 g/mol. The van der Waals surface area contributed by atoms with Gasteiger partial charge in [-0.05, 0) is 49.6 Å². The van der Waals surface area contributed by atoms with Crippen molar-refractivity contribution in [2.24, 2.45) is 11.7 Å². The largest absolute Gasteiger partial charge is 0.338 e. The van der Waals surface area contributed by atoms with E-state index in [1.54, 1.807) is 11.3 Å². The van der Waals surface area contributed by atoms with E-state index < -0.39 is 0 Å². The van der Waals surface area contributed by atoms with Gasteiger partial charge in [0.2, 0.25) is 0 Å². The van der Waals surface area contributed by atoms with Gasteiger partial charge < -0.3 is 10.6 Å². The lowest BCUT2D eigenvalue weighted by Crippen LogP contribution is -2.40. The predicted octanol–water partition coefficient (Wildman–Crippen LogP) is 2.26. The molecule has 1 amide bonds. The molecule has 1 fully saturated rings. The number of nitrogens with two attached hydrogens (primary N) is 1. The SMILES string of the molecule is Cc1cscc1C(=O)N1CCCC(CCN)C1. The number of thiophene rings is 1. The van der Waals surface area contributed by atoms with Gasteiger partial charge in [-0.25, -0.2) is 0 Å². The van der Waals surface area contributed by atoms with Crippen LogP contribution in [0.5, 0.6) is 0 Å². The van der Waals surface area contributed by atoms with Gasteiger partial charge in [-0.15, -0.1) is 0 Å². The highest BCUT2D eigenvalue weighted by atomic mass is 32.1. The first kappa shape index (κ1) is 12.6. The Labute approximate surface area is 107 Å². The topological polar surface area (TPSA) is 46.3 Å². The number of likely N-dealkylation sites (tertiary alicyclic amines) is 1. The highest BCUT2D eigenvalue weighted by Crippen LogP contribution is 2.23. The number of amides is 1. The molecule has 0 bridgehead atoms. The van der Waals surface area contributed by atoms with Crippen molar-refractivity contribution < 1.29 is 4.79 Å². The summed E-state index contributed by atoms with van der Waals surface area (Å²) in [5.74, 6) is 0.794. The molecule has 0 aliphatic carbocycles. The normalized spacial score (nSPS) is 20.6. The highest BCUT2D eigenvalue weighted by molar-refractivity contribution is 7.08. The molecular weight excluding hydrogens is 232 g/mol. The molecule has 2 N–H and O–H groups in total. The third kappa shape index (κ3) is 2.87. The Hall–Kier alpha value is -0.870. The summed E-state index contributed by atoms with van der Waals surface area (Å²) >= 11 is 1.60. The van der Waals surface area contributed by atoms with Gasteiger partial charge >= 0.3 is 0 Å². The zero-order valence-corrected chi connectivity index (χ0v) is 11.1. The summed E-state index contributed by atoms with van der Waals surface area (Å²) in [6, 6.07) is 0. The summed E-state index contributed by atoms with van der Waals surface area (Å²) in [5, 5.41) is 4.00. The minimum Gasteiger partial charge on any atom is -0.338 e. The van der Waals surface area contributed by atoms with Crippen LogP contribution in [0.25, 0.3) is 0 Å². The molecule has 1 aromatic heterocycles. The maximum atomic E-state index is 12.3. The van der Waals surface area contributed by atoms with Gasteiger partial charge in [0.25, 0.3) is 5.91 Å². The Kier molecular flexibility index (Phi) is 4.18. The average Bonchev–Trinajstić information content (AvgIpc) is 2.75. The second kappa shape index (κ2) is 5.65. The van der Waals surface area contributed by atoms with E-state index in [4.69, 9.17) is 5.73 Å². The Morgan fingerprint density at radius 2 is 2.41 bits per heavy atom. The molecule has 2 heterocycles. The van der Waals surface area contributed by atoms with Crippen molar-refractivity contribution in [2.45, 2.75) is 26.2 Å². The molecule has 1 unspecified atom stereocenters. The van der Waals surface area contributed by atoms with E-state index in [0.717, 1.165) is 43.6 Å². The summed E-state index contributed by atoms with van der Waals surface area (Å²) < 4.78 is 0. The van der Waals surface area contributed by atoms with Gasteiger partial charge in [0.15, 0.2) is 0 Å². The second-order valence-corrected chi connectivity index (χ2v) is 5.55. The van der Waals surface area contributed by atoms with Gasteiger partial charge in [-0.1, -0.05) is 0 Å². The van der Waals surface area contributed by atoms with Crippen LogP contribution >= 0.6 is 11.3 Å². The number of rotatable bonds is 3. The van der Waals surface area contributed by atoms with Crippen LogP contribution in [0.3, 0.4) is 0 Å². The predicted molar refractivity (Wildman–Crippen MR) is 71.4 cm³/mol. The standard InChI is InChI=1S/C13H20N2OS/c1-10-8-17-9-12(10)13(16)15-6-2-3-11(7-15)4-5-14/h8-9,11H,2-7,14H2,1H3. The average molecular weight is 252 g/mol. The molecule has 1 aromatic rings. The van der Waals surface area contributed by atoms with Crippen molar-refractivity contribution in [3.05, 3.63) is 21.9 Å². The molecule has 2 rings (SSSR count). The molecule has 1 saturated heterocycles. The molecule has 4 heteroatoms. The van der Waals surface area contributed by atoms with Crippen molar-refractivity contribution in [3.63, 3.8) is 0 Å². The molecule has 0 saturated carbocycles. The molecule has 94 valence electrons. The molecule has 0 aromatic carbocycles. The van der Waals surface area contributed by atoms with Crippen molar-refractivity contribution in [1.29, 1.82) is 0 Å². The number of hydrogen-bond acceptors (Lipinski definition) is 3. The first-order chi connectivity index (χ1) is 8.22. The number of carbonyl (C=O) groups is 1. The molecule has 1 aliphatic rings. The van der Waals surface area contributed by atoms with Crippen molar-refractivity contribution in [3.8, 4) is 0 Å². The molecule has 17 heavy (non-hydrogen) atoms. The minimum atomic E-state index is 0.200. The van der Waals surface area contributed by atoms with Gasteiger partial charge in [0.05, 0.1) is 5.56 Å². The lowest BCUT2D eigenvalue weighted by molar-refractivity contribution is 0.0669. The number of aryl methyl sites for hydroxylation is 1. The van der Waals surface area contributed by atoms with E-state index in [-0.39, 0.29) is 5.91 Å². The number of carbonyl (C=O) groups excluding carboxylic acids is 1. The van der Waals surface area contributed by atoms with Crippen LogP contribution in [-0.4, -0.2) is 30.4 Å². The third-order valence-corrected chi connectivity index (χ3v) is 4.33. The number of hydrogen-bond donors (Lipinski definition) is 1. The smallest absolute Gasteiger partial charge is 0.254 e. The third-order valence-electron chi connectivity index (χ3n) is 3.47. The Morgan fingerprint density at radius 3 is 3.06 bits per heavy atom. The summed E-state index contributed by atoms with van der Waals surface area (Å²) in [5.41, 5.74) is 7.57.